The summed E-state index contributed by atoms with van der Waals surface area (Å²) in [5, 5.41) is 4.36. The summed E-state index contributed by atoms with van der Waals surface area (Å²) in [5.41, 5.74) is 0.766. The molecule has 1 fully saturated rings. The molecule has 0 atom stereocenters. The van der Waals surface area contributed by atoms with Crippen LogP contribution in [0.1, 0.15) is 39.0 Å². The minimum absolute atomic E-state index is 0.203. The van der Waals surface area contributed by atoms with Crippen molar-refractivity contribution in [2.24, 2.45) is 0 Å². The first-order chi connectivity index (χ1) is 8.71. The van der Waals surface area contributed by atoms with Crippen LogP contribution in [-0.4, -0.2) is 37.2 Å². The van der Waals surface area contributed by atoms with E-state index in [4.69, 9.17) is 4.74 Å². The molecule has 1 aliphatic carbocycles. The predicted molar refractivity (Wildman–Crippen MR) is 78.0 cm³/mol. The summed E-state index contributed by atoms with van der Waals surface area (Å²) < 4.78 is 4.74. The molecule has 4 heteroatoms. The lowest BCUT2D eigenvalue weighted by Gasteiger charge is -2.27. The number of nitrogens with one attached hydrogen (secondary N) is 1. The van der Waals surface area contributed by atoms with E-state index < -0.39 is 0 Å². The minimum Gasteiger partial charge on any atom is -0.466 e. The summed E-state index contributed by atoms with van der Waals surface area (Å²) in [5.74, 6) is -0.203. The molecule has 1 aliphatic rings. The number of thioether (sulfide) groups is 1. The van der Waals surface area contributed by atoms with E-state index in [0.717, 1.165) is 23.8 Å². The van der Waals surface area contributed by atoms with Gasteiger partial charge in [0.1, 0.15) is 0 Å². The van der Waals surface area contributed by atoms with Crippen LogP contribution in [0, 0.1) is 0 Å². The van der Waals surface area contributed by atoms with Crippen molar-refractivity contribution in [2.45, 2.75) is 50.3 Å². The Bertz CT molecular complexity index is 284. The van der Waals surface area contributed by atoms with Gasteiger partial charge >= 0.3 is 5.97 Å². The van der Waals surface area contributed by atoms with Crippen LogP contribution in [0.4, 0.5) is 0 Å². The van der Waals surface area contributed by atoms with Crippen LogP contribution in [0.25, 0.3) is 0 Å². The Labute approximate surface area is 115 Å². The van der Waals surface area contributed by atoms with E-state index in [1.54, 1.807) is 0 Å². The van der Waals surface area contributed by atoms with Gasteiger partial charge < -0.3 is 10.1 Å². The van der Waals surface area contributed by atoms with Gasteiger partial charge in [-0.2, -0.15) is 11.8 Å². The Hall–Kier alpha value is -0.480. The number of carbonyl (C=O) groups excluding carboxylic acids is 1. The zero-order valence-electron chi connectivity index (χ0n) is 11.7. The van der Waals surface area contributed by atoms with Crippen LogP contribution >= 0.6 is 11.8 Å². The molecule has 1 saturated carbocycles. The third kappa shape index (κ3) is 5.02. The summed E-state index contributed by atoms with van der Waals surface area (Å²) in [7, 11) is 1.43. The molecule has 0 aliphatic heterocycles. The second-order valence-electron chi connectivity index (χ2n) is 4.69. The van der Waals surface area contributed by atoms with Crippen molar-refractivity contribution in [2.75, 3.05) is 19.9 Å². The second kappa shape index (κ2) is 8.59. The van der Waals surface area contributed by atoms with Gasteiger partial charge in [0.05, 0.1) is 7.11 Å². The van der Waals surface area contributed by atoms with Crippen molar-refractivity contribution in [3.63, 3.8) is 0 Å². The predicted octanol–water partition coefficient (Wildman–Crippen LogP) is 2.76. The molecular formula is C14H25NO2S. The van der Waals surface area contributed by atoms with E-state index in [9.17, 15) is 4.79 Å². The van der Waals surface area contributed by atoms with Crippen LogP contribution < -0.4 is 5.32 Å². The molecule has 1 N–H and O–H groups in total. The SMILES string of the molecule is CCC(=CCNC1CCC(SC)CC1)C(=O)OC. The van der Waals surface area contributed by atoms with E-state index in [1.807, 2.05) is 24.8 Å². The molecular weight excluding hydrogens is 246 g/mol. The van der Waals surface area contributed by atoms with Gasteiger partial charge in [-0.3, -0.25) is 0 Å². The molecule has 0 aromatic heterocycles. The molecule has 0 radical (unpaired) electrons. The molecule has 0 aromatic carbocycles. The van der Waals surface area contributed by atoms with Gasteiger partial charge in [-0.25, -0.2) is 4.79 Å². The number of rotatable bonds is 6. The van der Waals surface area contributed by atoms with E-state index in [0.29, 0.717) is 6.04 Å². The van der Waals surface area contributed by atoms with Crippen molar-refractivity contribution in [1.29, 1.82) is 0 Å². The molecule has 0 unspecified atom stereocenters. The van der Waals surface area contributed by atoms with E-state index in [1.165, 1.54) is 32.8 Å². The average Bonchev–Trinajstić information content (AvgIpc) is 2.43. The van der Waals surface area contributed by atoms with Crippen LogP contribution in [0.2, 0.25) is 0 Å². The molecule has 3 nitrogen and oxygen atoms in total. The molecule has 0 heterocycles. The Morgan fingerprint density at radius 3 is 2.56 bits per heavy atom. The van der Waals surface area contributed by atoms with Crippen molar-refractivity contribution < 1.29 is 9.53 Å². The Balaban J connectivity index is 2.28. The van der Waals surface area contributed by atoms with Crippen molar-refractivity contribution >= 4 is 17.7 Å². The molecule has 0 spiro atoms. The standard InChI is InChI=1S/C14H25NO2S/c1-4-11(14(16)17-2)9-10-15-12-5-7-13(18-3)8-6-12/h9,12-13,15H,4-8,10H2,1-3H3. The summed E-state index contributed by atoms with van der Waals surface area (Å²) in [6, 6.07) is 0.611. The van der Waals surface area contributed by atoms with Gasteiger partial charge in [0.25, 0.3) is 0 Å². The first-order valence-electron chi connectivity index (χ1n) is 6.74. The smallest absolute Gasteiger partial charge is 0.333 e. The number of hydrogen-bond acceptors (Lipinski definition) is 4. The monoisotopic (exact) mass is 271 g/mol. The van der Waals surface area contributed by atoms with Gasteiger partial charge in [0.2, 0.25) is 0 Å². The van der Waals surface area contributed by atoms with Gasteiger partial charge in [-0.15, -0.1) is 0 Å². The van der Waals surface area contributed by atoms with Crippen molar-refractivity contribution in [3.8, 4) is 0 Å². The molecule has 0 bridgehead atoms. The number of hydrogen-bond donors (Lipinski definition) is 1. The fraction of sp³-hybridized carbons (Fsp3) is 0.786. The average molecular weight is 271 g/mol. The summed E-state index contributed by atoms with van der Waals surface area (Å²) in [6.07, 6.45) is 10.0. The topological polar surface area (TPSA) is 38.3 Å². The van der Waals surface area contributed by atoms with E-state index in [2.05, 4.69) is 11.6 Å². The lowest BCUT2D eigenvalue weighted by molar-refractivity contribution is -0.136. The lowest BCUT2D eigenvalue weighted by Crippen LogP contribution is -2.34. The zero-order valence-corrected chi connectivity index (χ0v) is 12.5. The zero-order chi connectivity index (χ0) is 13.4. The third-order valence-corrected chi connectivity index (χ3v) is 4.73. The fourth-order valence-corrected chi connectivity index (χ4v) is 3.10. The molecule has 18 heavy (non-hydrogen) atoms. The van der Waals surface area contributed by atoms with E-state index >= 15 is 0 Å². The first kappa shape index (κ1) is 15.6. The van der Waals surface area contributed by atoms with Gasteiger partial charge in [0, 0.05) is 23.4 Å². The number of carbonyl (C=O) groups is 1. The largest absolute Gasteiger partial charge is 0.466 e. The summed E-state index contributed by atoms with van der Waals surface area (Å²) in [6.45, 7) is 2.75. The number of methoxy groups -OCH3 is 1. The molecule has 0 aromatic rings. The van der Waals surface area contributed by atoms with Crippen LogP contribution in [0.3, 0.4) is 0 Å². The highest BCUT2D eigenvalue weighted by Crippen LogP contribution is 2.26. The maximum atomic E-state index is 11.4. The Morgan fingerprint density at radius 2 is 2.06 bits per heavy atom. The first-order valence-corrected chi connectivity index (χ1v) is 8.03. The fourth-order valence-electron chi connectivity index (χ4n) is 2.35. The highest BCUT2D eigenvalue weighted by molar-refractivity contribution is 7.99. The minimum atomic E-state index is -0.203. The second-order valence-corrected chi connectivity index (χ2v) is 5.83. The highest BCUT2D eigenvalue weighted by Gasteiger charge is 2.19. The Kier molecular flexibility index (Phi) is 7.44. The summed E-state index contributed by atoms with van der Waals surface area (Å²) >= 11 is 1.99. The maximum Gasteiger partial charge on any atom is 0.333 e. The van der Waals surface area contributed by atoms with Crippen LogP contribution in [-0.2, 0) is 9.53 Å². The summed E-state index contributed by atoms with van der Waals surface area (Å²) in [4.78, 5) is 11.4. The van der Waals surface area contributed by atoms with Crippen LogP contribution in [0.15, 0.2) is 11.6 Å². The Morgan fingerprint density at radius 1 is 1.39 bits per heavy atom. The van der Waals surface area contributed by atoms with E-state index in [-0.39, 0.29) is 5.97 Å². The van der Waals surface area contributed by atoms with Gasteiger partial charge in [-0.1, -0.05) is 13.0 Å². The van der Waals surface area contributed by atoms with Gasteiger partial charge in [-0.05, 0) is 38.4 Å². The number of ether oxygens (including phenoxy) is 1. The highest BCUT2D eigenvalue weighted by atomic mass is 32.2. The van der Waals surface area contributed by atoms with Gasteiger partial charge in [0.15, 0.2) is 0 Å². The molecule has 104 valence electrons. The third-order valence-electron chi connectivity index (χ3n) is 3.59. The van der Waals surface area contributed by atoms with Crippen molar-refractivity contribution in [3.05, 3.63) is 11.6 Å². The van der Waals surface area contributed by atoms with Crippen molar-refractivity contribution in [1.82, 2.24) is 5.32 Å². The molecule has 1 rings (SSSR count). The molecule has 0 saturated heterocycles. The number of esters is 1. The normalized spacial score (nSPS) is 24.9. The molecule has 0 amide bonds. The quantitative estimate of drug-likeness (QED) is 0.595. The maximum absolute atomic E-state index is 11.4. The lowest BCUT2D eigenvalue weighted by atomic mass is 9.95. The van der Waals surface area contributed by atoms with Crippen LogP contribution in [0.5, 0.6) is 0 Å².